The van der Waals surface area contributed by atoms with Crippen LogP contribution in [-0.2, 0) is 16.1 Å². The van der Waals surface area contributed by atoms with Gasteiger partial charge >= 0.3 is 5.97 Å². The maximum Gasteiger partial charge on any atom is 0.331 e. The van der Waals surface area contributed by atoms with Gasteiger partial charge in [-0.1, -0.05) is 30.3 Å². The largest absolute Gasteiger partial charge is 0.478 e. The molecule has 0 heterocycles. The van der Waals surface area contributed by atoms with Gasteiger partial charge in [0.05, 0.1) is 12.7 Å². The molecule has 1 aromatic rings. The number of aliphatic carboxylic acids is 1. The number of aliphatic hydroxyl groups excluding tert-OH is 2. The third kappa shape index (κ3) is 3.41. The number of carboxylic acids is 1. The molecular formula is C14H16O5. The van der Waals surface area contributed by atoms with Gasteiger partial charge in [-0.25, -0.2) is 4.79 Å². The zero-order valence-electron chi connectivity index (χ0n) is 10.3. The predicted octanol–water partition coefficient (Wildman–Crippen LogP) is 0.708. The summed E-state index contributed by atoms with van der Waals surface area (Å²) in [7, 11) is 0. The fourth-order valence-electron chi connectivity index (χ4n) is 2.02. The van der Waals surface area contributed by atoms with E-state index in [0.29, 0.717) is 0 Å². The molecule has 3 N–H and O–H groups in total. The summed E-state index contributed by atoms with van der Waals surface area (Å²) >= 11 is 0. The van der Waals surface area contributed by atoms with E-state index in [-0.39, 0.29) is 18.6 Å². The Hall–Kier alpha value is -1.69. The van der Waals surface area contributed by atoms with E-state index in [2.05, 4.69) is 0 Å². The number of hydrogen-bond donors (Lipinski definition) is 3. The fourth-order valence-corrected chi connectivity index (χ4v) is 2.02. The average molecular weight is 264 g/mol. The van der Waals surface area contributed by atoms with Crippen LogP contribution in [0, 0.1) is 0 Å². The molecule has 0 unspecified atom stereocenters. The Bertz CT molecular complexity index is 468. The molecule has 1 aromatic carbocycles. The van der Waals surface area contributed by atoms with E-state index in [1.165, 1.54) is 0 Å². The molecule has 102 valence electrons. The van der Waals surface area contributed by atoms with Crippen molar-refractivity contribution in [2.45, 2.75) is 31.3 Å². The second-order valence-electron chi connectivity index (χ2n) is 4.52. The summed E-state index contributed by atoms with van der Waals surface area (Å²) < 4.78 is 5.52. The fraction of sp³-hybridized carbons (Fsp3) is 0.357. The van der Waals surface area contributed by atoms with Crippen LogP contribution in [0.15, 0.2) is 42.0 Å². The lowest BCUT2D eigenvalue weighted by Crippen LogP contribution is -2.42. The maximum absolute atomic E-state index is 10.9. The summed E-state index contributed by atoms with van der Waals surface area (Å²) in [6, 6.07) is 9.37. The third-order valence-corrected chi connectivity index (χ3v) is 3.11. The molecule has 0 aliphatic heterocycles. The van der Waals surface area contributed by atoms with Crippen molar-refractivity contribution in [3.63, 3.8) is 0 Å². The van der Waals surface area contributed by atoms with Crippen LogP contribution in [0.3, 0.4) is 0 Å². The first kappa shape index (κ1) is 13.7. The maximum atomic E-state index is 10.9. The summed E-state index contributed by atoms with van der Waals surface area (Å²) in [6.07, 6.45) is -1.78. The van der Waals surface area contributed by atoms with Crippen molar-refractivity contribution in [3.8, 4) is 0 Å². The smallest absolute Gasteiger partial charge is 0.331 e. The van der Waals surface area contributed by atoms with Gasteiger partial charge in [-0.05, 0) is 11.6 Å². The lowest BCUT2D eigenvalue weighted by Gasteiger charge is -2.30. The van der Waals surface area contributed by atoms with E-state index in [4.69, 9.17) is 9.84 Å². The number of hydrogen-bond acceptors (Lipinski definition) is 4. The van der Waals surface area contributed by atoms with Crippen LogP contribution in [0.4, 0.5) is 0 Å². The van der Waals surface area contributed by atoms with E-state index in [0.717, 1.165) is 11.6 Å². The first-order valence-corrected chi connectivity index (χ1v) is 6.03. The SMILES string of the molecule is O=C(O)C1=C[C@@H](O)[C@@H](O)[C@H](OCc2ccccc2)C1. The quantitative estimate of drug-likeness (QED) is 0.745. The third-order valence-electron chi connectivity index (χ3n) is 3.11. The zero-order valence-corrected chi connectivity index (χ0v) is 10.3. The molecule has 0 saturated heterocycles. The minimum atomic E-state index is -1.21. The van der Waals surface area contributed by atoms with Gasteiger partial charge in [0.15, 0.2) is 0 Å². The molecule has 2 rings (SSSR count). The molecule has 3 atom stereocenters. The van der Waals surface area contributed by atoms with Crippen molar-refractivity contribution >= 4 is 5.97 Å². The molecule has 0 bridgehead atoms. The minimum Gasteiger partial charge on any atom is -0.478 e. The Balaban J connectivity index is 2.00. The average Bonchev–Trinajstić information content (AvgIpc) is 2.41. The highest BCUT2D eigenvalue weighted by Gasteiger charge is 2.33. The van der Waals surface area contributed by atoms with Crippen LogP contribution in [0.2, 0.25) is 0 Å². The molecule has 0 spiro atoms. The van der Waals surface area contributed by atoms with Crippen molar-refractivity contribution in [2.75, 3.05) is 0 Å². The number of benzene rings is 1. The number of carboxylic acid groups (broad SMARTS) is 1. The van der Waals surface area contributed by atoms with Gasteiger partial charge in [-0.3, -0.25) is 0 Å². The Morgan fingerprint density at radius 1 is 1.26 bits per heavy atom. The van der Waals surface area contributed by atoms with Crippen molar-refractivity contribution in [1.82, 2.24) is 0 Å². The van der Waals surface area contributed by atoms with Crippen LogP contribution in [0.1, 0.15) is 12.0 Å². The number of aliphatic hydroxyl groups is 2. The summed E-state index contributed by atoms with van der Waals surface area (Å²) in [6.45, 7) is 0.266. The highest BCUT2D eigenvalue weighted by Crippen LogP contribution is 2.23. The van der Waals surface area contributed by atoms with E-state index >= 15 is 0 Å². The van der Waals surface area contributed by atoms with Crippen LogP contribution in [0.5, 0.6) is 0 Å². The summed E-state index contributed by atoms with van der Waals surface area (Å²) in [5.74, 6) is -1.10. The van der Waals surface area contributed by atoms with Gasteiger partial charge in [0.2, 0.25) is 0 Å². The summed E-state index contributed by atoms with van der Waals surface area (Å²) in [5.41, 5.74) is 0.992. The lowest BCUT2D eigenvalue weighted by atomic mass is 9.92. The second kappa shape index (κ2) is 5.97. The highest BCUT2D eigenvalue weighted by atomic mass is 16.5. The van der Waals surface area contributed by atoms with Gasteiger partial charge in [-0.15, -0.1) is 0 Å². The molecule has 0 amide bonds. The summed E-state index contributed by atoms with van der Waals surface area (Å²) in [5, 5.41) is 28.3. The highest BCUT2D eigenvalue weighted by molar-refractivity contribution is 5.87. The topological polar surface area (TPSA) is 87.0 Å². The van der Waals surface area contributed by atoms with Crippen molar-refractivity contribution in [2.24, 2.45) is 0 Å². The van der Waals surface area contributed by atoms with E-state index in [1.54, 1.807) is 0 Å². The Morgan fingerprint density at radius 3 is 2.58 bits per heavy atom. The molecule has 1 aliphatic rings. The van der Waals surface area contributed by atoms with Crippen LogP contribution >= 0.6 is 0 Å². The Labute approximate surface area is 110 Å². The Morgan fingerprint density at radius 2 is 1.95 bits per heavy atom. The molecule has 1 aliphatic carbocycles. The number of rotatable bonds is 4. The number of carbonyl (C=O) groups is 1. The van der Waals surface area contributed by atoms with E-state index in [1.807, 2.05) is 30.3 Å². The molecule has 0 radical (unpaired) electrons. The van der Waals surface area contributed by atoms with Crippen molar-refractivity contribution in [3.05, 3.63) is 47.5 Å². The minimum absolute atomic E-state index is 0.0656. The first-order valence-electron chi connectivity index (χ1n) is 6.03. The van der Waals surface area contributed by atoms with E-state index < -0.39 is 24.3 Å². The van der Waals surface area contributed by atoms with Gasteiger partial charge in [0.1, 0.15) is 12.2 Å². The molecule has 0 aromatic heterocycles. The van der Waals surface area contributed by atoms with Crippen LogP contribution in [0.25, 0.3) is 0 Å². The molecule has 19 heavy (non-hydrogen) atoms. The number of ether oxygens (including phenoxy) is 1. The Kier molecular flexibility index (Phi) is 4.31. The van der Waals surface area contributed by atoms with Gasteiger partial charge in [0, 0.05) is 12.0 Å². The van der Waals surface area contributed by atoms with Gasteiger partial charge in [-0.2, -0.15) is 0 Å². The lowest BCUT2D eigenvalue weighted by molar-refractivity contribution is -0.135. The van der Waals surface area contributed by atoms with Gasteiger partial charge < -0.3 is 20.1 Å². The van der Waals surface area contributed by atoms with Gasteiger partial charge in [0.25, 0.3) is 0 Å². The predicted molar refractivity (Wildman–Crippen MR) is 67.4 cm³/mol. The van der Waals surface area contributed by atoms with Crippen molar-refractivity contribution < 1.29 is 24.9 Å². The first-order chi connectivity index (χ1) is 9.08. The normalized spacial score (nSPS) is 26.8. The molecule has 0 saturated carbocycles. The monoisotopic (exact) mass is 264 g/mol. The van der Waals surface area contributed by atoms with Crippen molar-refractivity contribution in [1.29, 1.82) is 0 Å². The van der Waals surface area contributed by atoms with E-state index in [9.17, 15) is 15.0 Å². The van der Waals surface area contributed by atoms with Crippen LogP contribution < -0.4 is 0 Å². The standard InChI is InChI=1S/C14H16O5/c15-11-6-10(14(17)18)7-12(13(11)16)19-8-9-4-2-1-3-5-9/h1-6,11-13,15-16H,7-8H2,(H,17,18)/t11-,12-,13-/m1/s1. The molecule has 5 heteroatoms. The zero-order chi connectivity index (χ0) is 13.8. The van der Waals surface area contributed by atoms with Crippen LogP contribution in [-0.4, -0.2) is 39.6 Å². The summed E-state index contributed by atoms with van der Waals surface area (Å²) in [4.78, 5) is 10.9. The molecule has 0 fully saturated rings. The molecular weight excluding hydrogens is 248 g/mol. The second-order valence-corrected chi connectivity index (χ2v) is 4.52. The molecule has 5 nitrogen and oxygen atoms in total.